The molecule has 1 saturated heterocycles. The van der Waals surface area contributed by atoms with E-state index >= 15 is 0 Å². The number of aryl methyl sites for hydroxylation is 2. The molecule has 19 heavy (non-hydrogen) atoms. The van der Waals surface area contributed by atoms with Gasteiger partial charge in [-0.3, -0.25) is 4.79 Å². The molecule has 0 spiro atoms. The monoisotopic (exact) mass is 260 g/mol. The third-order valence-corrected chi connectivity index (χ3v) is 3.94. The summed E-state index contributed by atoms with van der Waals surface area (Å²) in [5.41, 5.74) is 2.49. The lowest BCUT2D eigenvalue weighted by Gasteiger charge is -2.30. The summed E-state index contributed by atoms with van der Waals surface area (Å²) in [4.78, 5) is 12.0. The summed E-state index contributed by atoms with van der Waals surface area (Å²) in [6.45, 7) is 6.26. The first-order chi connectivity index (χ1) is 9.15. The maximum Gasteiger partial charge on any atom is 0.220 e. The van der Waals surface area contributed by atoms with Gasteiger partial charge in [-0.05, 0) is 37.8 Å². The third-order valence-electron chi connectivity index (χ3n) is 3.94. The standard InChI is InChI=1S/C16H24N2O/c1-12-3-5-14(6-4-12)7-8-16(19)18-15-11-17-10-9-13(15)2/h3-6,13,15,17H,7-11H2,1-2H3,(H,18,19). The van der Waals surface area contributed by atoms with Crippen LogP contribution in [0.15, 0.2) is 24.3 Å². The number of hydrogen-bond donors (Lipinski definition) is 2. The Balaban J connectivity index is 1.76. The van der Waals surface area contributed by atoms with Crippen LogP contribution in [-0.2, 0) is 11.2 Å². The van der Waals surface area contributed by atoms with Crippen molar-refractivity contribution < 1.29 is 4.79 Å². The van der Waals surface area contributed by atoms with Gasteiger partial charge in [0.05, 0.1) is 0 Å². The maximum absolute atomic E-state index is 12.0. The molecule has 1 aliphatic rings. The highest BCUT2D eigenvalue weighted by Gasteiger charge is 2.22. The van der Waals surface area contributed by atoms with Gasteiger partial charge in [-0.1, -0.05) is 36.8 Å². The lowest BCUT2D eigenvalue weighted by molar-refractivity contribution is -0.122. The Hall–Kier alpha value is -1.35. The van der Waals surface area contributed by atoms with E-state index in [2.05, 4.69) is 48.7 Å². The SMILES string of the molecule is Cc1ccc(CCC(=O)NC2CNCCC2C)cc1. The first-order valence-electron chi connectivity index (χ1n) is 7.21. The molecule has 1 aliphatic heterocycles. The first kappa shape index (κ1) is 14.1. The zero-order valence-electron chi connectivity index (χ0n) is 11.9. The van der Waals surface area contributed by atoms with Gasteiger partial charge in [0.2, 0.25) is 5.91 Å². The number of hydrogen-bond acceptors (Lipinski definition) is 2. The second-order valence-corrected chi connectivity index (χ2v) is 5.63. The van der Waals surface area contributed by atoms with Crippen molar-refractivity contribution in [1.82, 2.24) is 10.6 Å². The van der Waals surface area contributed by atoms with Gasteiger partial charge in [0, 0.05) is 19.0 Å². The highest BCUT2D eigenvalue weighted by molar-refractivity contribution is 5.76. The summed E-state index contributed by atoms with van der Waals surface area (Å²) in [7, 11) is 0. The van der Waals surface area contributed by atoms with Crippen LogP contribution in [-0.4, -0.2) is 25.0 Å². The number of benzene rings is 1. The van der Waals surface area contributed by atoms with Gasteiger partial charge >= 0.3 is 0 Å². The summed E-state index contributed by atoms with van der Waals surface area (Å²) < 4.78 is 0. The minimum Gasteiger partial charge on any atom is -0.352 e. The van der Waals surface area contributed by atoms with Crippen molar-refractivity contribution in [2.24, 2.45) is 5.92 Å². The Labute approximate surface area is 115 Å². The molecule has 1 aromatic rings. The fourth-order valence-corrected chi connectivity index (χ4v) is 2.47. The van der Waals surface area contributed by atoms with E-state index in [1.165, 1.54) is 11.1 Å². The fourth-order valence-electron chi connectivity index (χ4n) is 2.47. The van der Waals surface area contributed by atoms with Crippen LogP contribution in [0.1, 0.15) is 30.9 Å². The van der Waals surface area contributed by atoms with Crippen LogP contribution >= 0.6 is 0 Å². The molecule has 104 valence electrons. The highest BCUT2D eigenvalue weighted by atomic mass is 16.1. The van der Waals surface area contributed by atoms with E-state index in [0.717, 1.165) is 25.9 Å². The molecule has 1 fully saturated rings. The summed E-state index contributed by atoms with van der Waals surface area (Å²) in [5.74, 6) is 0.741. The van der Waals surface area contributed by atoms with Gasteiger partial charge in [-0.2, -0.15) is 0 Å². The maximum atomic E-state index is 12.0. The molecule has 3 nitrogen and oxygen atoms in total. The Morgan fingerprint density at radius 3 is 2.79 bits per heavy atom. The molecule has 0 radical (unpaired) electrons. The van der Waals surface area contributed by atoms with E-state index in [4.69, 9.17) is 0 Å². The van der Waals surface area contributed by atoms with Gasteiger partial charge in [0.1, 0.15) is 0 Å². The van der Waals surface area contributed by atoms with E-state index in [9.17, 15) is 4.79 Å². The molecule has 0 aliphatic carbocycles. The Kier molecular flexibility index (Phi) is 4.97. The van der Waals surface area contributed by atoms with E-state index in [-0.39, 0.29) is 5.91 Å². The van der Waals surface area contributed by atoms with E-state index in [1.54, 1.807) is 0 Å². The predicted octanol–water partition coefficient (Wildman–Crippen LogP) is 2.04. The van der Waals surface area contributed by atoms with Crippen molar-refractivity contribution in [3.05, 3.63) is 35.4 Å². The molecule has 2 N–H and O–H groups in total. The van der Waals surface area contributed by atoms with Gasteiger partial charge in [-0.25, -0.2) is 0 Å². The van der Waals surface area contributed by atoms with Crippen molar-refractivity contribution in [2.45, 2.75) is 39.2 Å². The summed E-state index contributed by atoms with van der Waals surface area (Å²) in [6.07, 6.45) is 2.54. The minimum atomic E-state index is 0.168. The molecule has 2 unspecified atom stereocenters. The molecule has 0 bridgehead atoms. The normalized spacial score (nSPS) is 23.1. The summed E-state index contributed by atoms with van der Waals surface area (Å²) in [6, 6.07) is 8.70. The lowest BCUT2D eigenvalue weighted by atomic mass is 9.94. The molecule has 0 saturated carbocycles. The van der Waals surface area contributed by atoms with E-state index in [1.807, 2.05) is 0 Å². The second kappa shape index (κ2) is 6.71. The van der Waals surface area contributed by atoms with Crippen LogP contribution in [0.3, 0.4) is 0 Å². The van der Waals surface area contributed by atoms with Crippen LogP contribution in [0.25, 0.3) is 0 Å². The predicted molar refractivity (Wildman–Crippen MR) is 78.1 cm³/mol. The number of nitrogens with one attached hydrogen (secondary N) is 2. The fraction of sp³-hybridized carbons (Fsp3) is 0.562. The molecule has 0 aromatic heterocycles. The first-order valence-corrected chi connectivity index (χ1v) is 7.21. The average molecular weight is 260 g/mol. The Morgan fingerprint density at radius 1 is 1.37 bits per heavy atom. The smallest absolute Gasteiger partial charge is 0.220 e. The zero-order valence-corrected chi connectivity index (χ0v) is 11.9. The number of rotatable bonds is 4. The third kappa shape index (κ3) is 4.35. The van der Waals surface area contributed by atoms with Crippen LogP contribution in [0.5, 0.6) is 0 Å². The minimum absolute atomic E-state index is 0.168. The van der Waals surface area contributed by atoms with Crippen molar-refractivity contribution in [3.63, 3.8) is 0 Å². The van der Waals surface area contributed by atoms with Crippen molar-refractivity contribution in [2.75, 3.05) is 13.1 Å². The van der Waals surface area contributed by atoms with Crippen LogP contribution < -0.4 is 10.6 Å². The van der Waals surface area contributed by atoms with Gasteiger partial charge in [-0.15, -0.1) is 0 Å². The van der Waals surface area contributed by atoms with Gasteiger partial charge in [0.25, 0.3) is 0 Å². The van der Waals surface area contributed by atoms with Crippen LogP contribution in [0, 0.1) is 12.8 Å². The Morgan fingerprint density at radius 2 is 2.11 bits per heavy atom. The quantitative estimate of drug-likeness (QED) is 0.870. The molecule has 3 heteroatoms. The van der Waals surface area contributed by atoms with E-state index in [0.29, 0.717) is 18.4 Å². The lowest BCUT2D eigenvalue weighted by Crippen LogP contribution is -2.50. The summed E-state index contributed by atoms with van der Waals surface area (Å²) >= 11 is 0. The van der Waals surface area contributed by atoms with Crippen molar-refractivity contribution in [1.29, 1.82) is 0 Å². The number of carbonyl (C=O) groups excluding carboxylic acids is 1. The van der Waals surface area contributed by atoms with E-state index < -0.39 is 0 Å². The topological polar surface area (TPSA) is 41.1 Å². The molecule has 1 amide bonds. The molecule has 1 heterocycles. The van der Waals surface area contributed by atoms with Crippen molar-refractivity contribution >= 4 is 5.91 Å². The van der Waals surface area contributed by atoms with Crippen molar-refractivity contribution in [3.8, 4) is 0 Å². The number of carbonyl (C=O) groups is 1. The average Bonchev–Trinajstić information content (AvgIpc) is 2.41. The van der Waals surface area contributed by atoms with Crippen LogP contribution in [0.4, 0.5) is 0 Å². The summed E-state index contributed by atoms with van der Waals surface area (Å²) in [5, 5.41) is 6.48. The zero-order chi connectivity index (χ0) is 13.7. The number of piperidine rings is 1. The van der Waals surface area contributed by atoms with Crippen LogP contribution in [0.2, 0.25) is 0 Å². The molecule has 2 atom stereocenters. The molecule has 1 aromatic carbocycles. The highest BCUT2D eigenvalue weighted by Crippen LogP contribution is 2.12. The molecule has 2 rings (SSSR count). The number of amides is 1. The molecular weight excluding hydrogens is 236 g/mol. The Bertz CT molecular complexity index is 413. The largest absolute Gasteiger partial charge is 0.352 e. The van der Waals surface area contributed by atoms with Gasteiger partial charge in [0.15, 0.2) is 0 Å². The van der Waals surface area contributed by atoms with Gasteiger partial charge < -0.3 is 10.6 Å². The second-order valence-electron chi connectivity index (χ2n) is 5.63. The molecular formula is C16H24N2O.